The van der Waals surface area contributed by atoms with E-state index in [4.69, 9.17) is 4.84 Å². The fourth-order valence-corrected chi connectivity index (χ4v) is 3.87. The normalized spacial score (nSPS) is 15.6. The SMILES string of the molecule is CC(=O)c1ccc(ONC(C)C(=O)N[C@H]2N=C(c3ccccc3)c3ccccc3N(C)C2=O)c([N+](=O)[O-])c1. The molecule has 4 rings (SSSR count). The Labute approximate surface area is 218 Å². The number of hydroxylamine groups is 1. The summed E-state index contributed by atoms with van der Waals surface area (Å²) in [7, 11) is 1.61. The van der Waals surface area contributed by atoms with E-state index in [0.29, 0.717) is 11.4 Å². The molecule has 1 unspecified atom stereocenters. The highest BCUT2D eigenvalue weighted by Crippen LogP contribution is 2.28. The molecule has 2 N–H and O–H groups in total. The van der Waals surface area contributed by atoms with Crippen LogP contribution in [0, 0.1) is 10.1 Å². The molecule has 0 saturated carbocycles. The molecule has 0 bridgehead atoms. The van der Waals surface area contributed by atoms with Crippen molar-refractivity contribution >= 4 is 34.7 Å². The number of rotatable bonds is 8. The number of hydrogen-bond donors (Lipinski definition) is 2. The van der Waals surface area contributed by atoms with Crippen LogP contribution in [0.4, 0.5) is 11.4 Å². The van der Waals surface area contributed by atoms with Gasteiger partial charge < -0.3 is 15.1 Å². The maximum absolute atomic E-state index is 13.3. The Morgan fingerprint density at radius 3 is 2.45 bits per heavy atom. The van der Waals surface area contributed by atoms with Crippen molar-refractivity contribution in [2.75, 3.05) is 11.9 Å². The highest BCUT2D eigenvalue weighted by atomic mass is 16.7. The van der Waals surface area contributed by atoms with Crippen LogP contribution < -0.4 is 20.5 Å². The first-order valence-electron chi connectivity index (χ1n) is 11.7. The predicted molar refractivity (Wildman–Crippen MR) is 140 cm³/mol. The van der Waals surface area contributed by atoms with E-state index in [9.17, 15) is 24.5 Å². The number of nitrogens with one attached hydrogen (secondary N) is 2. The van der Waals surface area contributed by atoms with E-state index in [0.717, 1.165) is 17.2 Å². The number of nitro benzene ring substituents is 1. The number of likely N-dealkylation sites (N-methyl/N-ethyl adjacent to an activating group) is 1. The third-order valence-corrected chi connectivity index (χ3v) is 5.97. The van der Waals surface area contributed by atoms with Crippen LogP contribution in [-0.2, 0) is 9.59 Å². The van der Waals surface area contributed by atoms with Crippen LogP contribution in [-0.4, -0.2) is 47.5 Å². The van der Waals surface area contributed by atoms with Gasteiger partial charge in [0.15, 0.2) is 5.78 Å². The van der Waals surface area contributed by atoms with Gasteiger partial charge in [0.25, 0.3) is 5.91 Å². The third kappa shape index (κ3) is 5.42. The molecule has 0 fully saturated rings. The Balaban J connectivity index is 1.55. The van der Waals surface area contributed by atoms with Crippen molar-refractivity contribution in [1.29, 1.82) is 0 Å². The average Bonchev–Trinajstić information content (AvgIpc) is 3.02. The molecule has 1 aliphatic rings. The number of nitrogens with zero attached hydrogens (tertiary/aromatic N) is 3. The second-order valence-electron chi connectivity index (χ2n) is 8.61. The Bertz CT molecular complexity index is 1440. The summed E-state index contributed by atoms with van der Waals surface area (Å²) in [5.74, 6) is -1.58. The van der Waals surface area contributed by atoms with Crippen LogP contribution in [0.2, 0.25) is 0 Å². The minimum atomic E-state index is -1.23. The van der Waals surface area contributed by atoms with Crippen LogP contribution in [0.3, 0.4) is 0 Å². The number of anilines is 1. The van der Waals surface area contributed by atoms with Crippen LogP contribution in [0.5, 0.6) is 5.75 Å². The van der Waals surface area contributed by atoms with Gasteiger partial charge in [0.2, 0.25) is 17.8 Å². The summed E-state index contributed by atoms with van der Waals surface area (Å²) in [5, 5.41) is 14.1. The topological polar surface area (TPSA) is 143 Å². The van der Waals surface area contributed by atoms with Gasteiger partial charge in [0.05, 0.1) is 16.3 Å². The first-order chi connectivity index (χ1) is 18.2. The molecular formula is C27H25N5O6. The molecule has 0 spiro atoms. The number of Topliss-reactive ketones (excluding diaryl/α,β-unsaturated/α-hetero) is 1. The molecule has 11 heteroatoms. The number of amides is 2. The van der Waals surface area contributed by atoms with Crippen molar-refractivity contribution < 1.29 is 24.1 Å². The van der Waals surface area contributed by atoms with Gasteiger partial charge >= 0.3 is 5.69 Å². The highest BCUT2D eigenvalue weighted by Gasteiger charge is 2.32. The molecule has 2 atom stereocenters. The Morgan fingerprint density at radius 1 is 1.08 bits per heavy atom. The van der Waals surface area contributed by atoms with Gasteiger partial charge in [-0.05, 0) is 32.0 Å². The van der Waals surface area contributed by atoms with Crippen molar-refractivity contribution in [3.05, 3.63) is 99.6 Å². The van der Waals surface area contributed by atoms with Gasteiger partial charge in [-0.25, -0.2) is 4.99 Å². The maximum Gasteiger partial charge on any atom is 0.314 e. The molecule has 0 radical (unpaired) electrons. The lowest BCUT2D eigenvalue weighted by molar-refractivity contribution is -0.386. The summed E-state index contributed by atoms with van der Waals surface area (Å²) in [6, 6.07) is 19.4. The van der Waals surface area contributed by atoms with Gasteiger partial charge in [-0.2, -0.15) is 0 Å². The molecule has 1 aliphatic heterocycles. The quantitative estimate of drug-likeness (QED) is 0.267. The van der Waals surface area contributed by atoms with Gasteiger partial charge in [-0.1, -0.05) is 48.5 Å². The molecule has 2 amide bonds. The van der Waals surface area contributed by atoms with Gasteiger partial charge in [0.1, 0.15) is 6.04 Å². The lowest BCUT2D eigenvalue weighted by atomic mass is 10.0. The van der Waals surface area contributed by atoms with E-state index >= 15 is 0 Å². The van der Waals surface area contributed by atoms with Crippen LogP contribution >= 0.6 is 0 Å². The Morgan fingerprint density at radius 2 is 1.76 bits per heavy atom. The first-order valence-corrected chi connectivity index (χ1v) is 11.7. The number of ketones is 1. The van der Waals surface area contributed by atoms with Gasteiger partial charge in [0, 0.05) is 29.8 Å². The molecule has 1 heterocycles. The minimum absolute atomic E-state index is 0.152. The van der Waals surface area contributed by atoms with Crippen molar-refractivity contribution in [1.82, 2.24) is 10.8 Å². The van der Waals surface area contributed by atoms with E-state index in [2.05, 4.69) is 15.8 Å². The molecule has 0 aliphatic carbocycles. The molecule has 3 aromatic rings. The Kier molecular flexibility index (Phi) is 7.58. The van der Waals surface area contributed by atoms with E-state index < -0.39 is 34.6 Å². The molecule has 11 nitrogen and oxygen atoms in total. The molecule has 0 aromatic heterocycles. The van der Waals surface area contributed by atoms with Crippen molar-refractivity contribution in [2.45, 2.75) is 26.1 Å². The smallest absolute Gasteiger partial charge is 0.314 e. The largest absolute Gasteiger partial charge is 0.401 e. The summed E-state index contributed by atoms with van der Waals surface area (Å²) in [4.78, 5) is 60.0. The highest BCUT2D eigenvalue weighted by molar-refractivity contribution is 6.20. The summed E-state index contributed by atoms with van der Waals surface area (Å²) in [5.41, 5.74) is 4.88. The lowest BCUT2D eigenvalue weighted by Crippen LogP contribution is -2.51. The number of aliphatic imine (C=N–C) groups is 1. The number of para-hydroxylation sites is 1. The van der Waals surface area contributed by atoms with Crippen LogP contribution in [0.15, 0.2) is 77.8 Å². The Hall–Kier alpha value is -4.90. The summed E-state index contributed by atoms with van der Waals surface area (Å²) in [6.45, 7) is 2.76. The number of nitro groups is 1. The van der Waals surface area contributed by atoms with E-state index in [-0.39, 0.29) is 17.1 Å². The summed E-state index contributed by atoms with van der Waals surface area (Å²) >= 11 is 0. The van der Waals surface area contributed by atoms with Crippen molar-refractivity contribution in [3.8, 4) is 5.75 Å². The third-order valence-electron chi connectivity index (χ3n) is 5.97. The fraction of sp³-hybridized carbons (Fsp3) is 0.185. The maximum atomic E-state index is 13.3. The number of carbonyl (C=O) groups excluding carboxylic acids is 3. The second-order valence-corrected chi connectivity index (χ2v) is 8.61. The zero-order valence-electron chi connectivity index (χ0n) is 20.9. The average molecular weight is 516 g/mol. The molecule has 3 aromatic carbocycles. The number of benzene rings is 3. The second kappa shape index (κ2) is 11.0. The van der Waals surface area contributed by atoms with Crippen LogP contribution in [0.1, 0.15) is 35.3 Å². The van der Waals surface area contributed by atoms with Crippen LogP contribution in [0.25, 0.3) is 0 Å². The number of fused-ring (bicyclic) bond motifs is 1. The zero-order valence-corrected chi connectivity index (χ0v) is 20.9. The number of benzodiazepines with no additional fused rings is 1. The molecular weight excluding hydrogens is 490 g/mol. The molecule has 194 valence electrons. The standard InChI is InChI=1S/C27H25N5O6/c1-16(30-38-23-14-13-19(17(2)33)15-22(23)32(36)37)26(34)29-25-27(35)31(3)21-12-8-7-11-20(21)24(28-25)18-9-5-4-6-10-18/h4-16,25,30H,1-3H3,(H,29,34)/t16?,25-/m1/s1. The molecule has 0 saturated heterocycles. The van der Waals surface area contributed by atoms with Crippen molar-refractivity contribution in [2.24, 2.45) is 4.99 Å². The van der Waals surface area contributed by atoms with Gasteiger partial charge in [-0.15, -0.1) is 5.48 Å². The summed E-state index contributed by atoms with van der Waals surface area (Å²) in [6.07, 6.45) is -1.23. The van der Waals surface area contributed by atoms with Crippen molar-refractivity contribution in [3.63, 3.8) is 0 Å². The molecule has 38 heavy (non-hydrogen) atoms. The van der Waals surface area contributed by atoms with Gasteiger partial charge in [-0.3, -0.25) is 24.5 Å². The zero-order chi connectivity index (χ0) is 27.4. The van der Waals surface area contributed by atoms with E-state index in [1.807, 2.05) is 48.5 Å². The first kappa shape index (κ1) is 26.2. The van der Waals surface area contributed by atoms with E-state index in [1.54, 1.807) is 13.1 Å². The summed E-state index contributed by atoms with van der Waals surface area (Å²) < 4.78 is 0. The number of hydrogen-bond acceptors (Lipinski definition) is 8. The lowest BCUT2D eigenvalue weighted by Gasteiger charge is -2.22. The predicted octanol–water partition coefficient (Wildman–Crippen LogP) is 3.03. The van der Waals surface area contributed by atoms with E-state index in [1.165, 1.54) is 30.9 Å². The fourth-order valence-electron chi connectivity index (χ4n) is 3.87. The number of carbonyl (C=O) groups is 3. The monoisotopic (exact) mass is 515 g/mol. The minimum Gasteiger partial charge on any atom is -0.401 e.